The van der Waals surface area contributed by atoms with E-state index < -0.39 is 11.4 Å². The summed E-state index contributed by atoms with van der Waals surface area (Å²) in [4.78, 5) is 18.0. The van der Waals surface area contributed by atoms with E-state index >= 15 is 0 Å². The van der Waals surface area contributed by atoms with Gasteiger partial charge in [0.05, 0.1) is 5.41 Å². The molecule has 1 aromatic heterocycles. The van der Waals surface area contributed by atoms with E-state index in [-0.39, 0.29) is 0 Å². The van der Waals surface area contributed by atoms with E-state index in [1.165, 1.54) is 5.56 Å². The van der Waals surface area contributed by atoms with Gasteiger partial charge in [0.2, 0.25) is 0 Å². The summed E-state index contributed by atoms with van der Waals surface area (Å²) in [5, 5.41) is 9.54. The van der Waals surface area contributed by atoms with Crippen LogP contribution in [0, 0.1) is 11.3 Å². The standard InChI is InChI=1S/C15H20N2O2/c18-14(19)15-6-1-4-13(15)10-17(11-15)8-5-12-3-2-7-16-9-12/h2-3,7,9,13H,1,4-6,8,10-11H2,(H,18,19)/t13-,15+/m0/s1. The molecule has 2 heterocycles. The molecular weight excluding hydrogens is 240 g/mol. The van der Waals surface area contributed by atoms with Gasteiger partial charge in [-0.3, -0.25) is 9.78 Å². The van der Waals surface area contributed by atoms with Crippen LogP contribution in [0.25, 0.3) is 0 Å². The fourth-order valence-corrected chi connectivity index (χ4v) is 3.75. The van der Waals surface area contributed by atoms with E-state index in [2.05, 4.69) is 16.0 Å². The summed E-state index contributed by atoms with van der Waals surface area (Å²) in [7, 11) is 0. The number of nitrogens with zero attached hydrogens (tertiary/aromatic N) is 2. The van der Waals surface area contributed by atoms with Crippen LogP contribution in [-0.2, 0) is 11.2 Å². The molecule has 1 saturated heterocycles. The van der Waals surface area contributed by atoms with E-state index in [4.69, 9.17) is 0 Å². The maximum atomic E-state index is 11.6. The average Bonchev–Trinajstić information content (AvgIpc) is 2.95. The molecule has 0 bridgehead atoms. The summed E-state index contributed by atoms with van der Waals surface area (Å²) in [6.45, 7) is 2.62. The number of hydrogen-bond acceptors (Lipinski definition) is 3. The largest absolute Gasteiger partial charge is 0.481 e. The Morgan fingerprint density at radius 2 is 2.47 bits per heavy atom. The number of carbonyl (C=O) groups is 1. The maximum absolute atomic E-state index is 11.6. The van der Waals surface area contributed by atoms with Gasteiger partial charge >= 0.3 is 5.97 Å². The second kappa shape index (κ2) is 4.93. The average molecular weight is 260 g/mol. The summed E-state index contributed by atoms with van der Waals surface area (Å²) in [6, 6.07) is 4.03. The van der Waals surface area contributed by atoms with E-state index in [1.807, 2.05) is 12.3 Å². The predicted molar refractivity (Wildman–Crippen MR) is 71.8 cm³/mol. The smallest absolute Gasteiger partial charge is 0.311 e. The highest BCUT2D eigenvalue weighted by molar-refractivity contribution is 5.76. The highest BCUT2D eigenvalue weighted by Gasteiger charge is 2.54. The van der Waals surface area contributed by atoms with Crippen molar-refractivity contribution in [2.24, 2.45) is 11.3 Å². The topological polar surface area (TPSA) is 53.4 Å². The first-order valence-electron chi connectivity index (χ1n) is 7.05. The second-order valence-electron chi connectivity index (χ2n) is 5.90. The van der Waals surface area contributed by atoms with Crippen molar-refractivity contribution in [1.82, 2.24) is 9.88 Å². The molecule has 0 spiro atoms. The Bertz CT molecular complexity index is 462. The lowest BCUT2D eigenvalue weighted by molar-refractivity contribution is -0.149. The zero-order valence-corrected chi connectivity index (χ0v) is 11.1. The number of pyridine rings is 1. The summed E-state index contributed by atoms with van der Waals surface area (Å²) >= 11 is 0. The number of fused-ring (bicyclic) bond motifs is 1. The molecule has 4 nitrogen and oxygen atoms in total. The van der Waals surface area contributed by atoms with Crippen LogP contribution in [0.4, 0.5) is 0 Å². The first kappa shape index (κ1) is 12.6. The van der Waals surface area contributed by atoms with Crippen molar-refractivity contribution < 1.29 is 9.90 Å². The maximum Gasteiger partial charge on any atom is 0.311 e. The minimum Gasteiger partial charge on any atom is -0.481 e. The molecule has 2 atom stereocenters. The molecule has 0 unspecified atom stereocenters. The molecule has 1 aliphatic carbocycles. The van der Waals surface area contributed by atoms with Gasteiger partial charge in [-0.2, -0.15) is 0 Å². The third-order valence-corrected chi connectivity index (χ3v) is 4.81. The van der Waals surface area contributed by atoms with Crippen LogP contribution < -0.4 is 0 Å². The highest BCUT2D eigenvalue weighted by Crippen LogP contribution is 2.48. The van der Waals surface area contributed by atoms with Crippen LogP contribution >= 0.6 is 0 Å². The van der Waals surface area contributed by atoms with Crippen LogP contribution in [0.15, 0.2) is 24.5 Å². The molecule has 4 heteroatoms. The van der Waals surface area contributed by atoms with Gasteiger partial charge in [0.15, 0.2) is 0 Å². The van der Waals surface area contributed by atoms with Crippen molar-refractivity contribution in [2.45, 2.75) is 25.7 Å². The number of carboxylic acids is 1. The molecule has 1 aromatic rings. The molecule has 1 aliphatic heterocycles. The number of aliphatic carboxylic acids is 1. The second-order valence-corrected chi connectivity index (χ2v) is 5.90. The Morgan fingerprint density at radius 3 is 3.16 bits per heavy atom. The number of rotatable bonds is 4. The van der Waals surface area contributed by atoms with E-state index in [1.54, 1.807) is 6.20 Å². The molecule has 1 saturated carbocycles. The van der Waals surface area contributed by atoms with Gasteiger partial charge in [0, 0.05) is 32.0 Å². The number of likely N-dealkylation sites (tertiary alicyclic amines) is 1. The van der Waals surface area contributed by atoms with Crippen LogP contribution in [0.3, 0.4) is 0 Å². The molecule has 2 fully saturated rings. The Kier molecular flexibility index (Phi) is 3.27. The monoisotopic (exact) mass is 260 g/mol. The van der Waals surface area contributed by atoms with Gasteiger partial charge in [-0.1, -0.05) is 12.5 Å². The Balaban J connectivity index is 1.62. The normalized spacial score (nSPS) is 30.4. The molecule has 0 amide bonds. The predicted octanol–water partition coefficient (Wildman–Crippen LogP) is 1.81. The van der Waals surface area contributed by atoms with Gasteiger partial charge in [0.1, 0.15) is 0 Å². The molecular formula is C15H20N2O2. The Morgan fingerprint density at radius 1 is 1.58 bits per heavy atom. The van der Waals surface area contributed by atoms with Crippen LogP contribution in [-0.4, -0.2) is 40.6 Å². The molecule has 1 N–H and O–H groups in total. The molecule has 3 rings (SSSR count). The third-order valence-electron chi connectivity index (χ3n) is 4.81. The number of carboxylic acid groups (broad SMARTS) is 1. The Hall–Kier alpha value is -1.42. The fraction of sp³-hybridized carbons (Fsp3) is 0.600. The van der Waals surface area contributed by atoms with E-state index in [0.29, 0.717) is 5.92 Å². The van der Waals surface area contributed by atoms with Crippen molar-refractivity contribution in [3.8, 4) is 0 Å². The lowest BCUT2D eigenvalue weighted by atomic mass is 9.81. The van der Waals surface area contributed by atoms with Gasteiger partial charge in [-0.15, -0.1) is 0 Å². The van der Waals surface area contributed by atoms with E-state index in [0.717, 1.165) is 45.3 Å². The molecule has 2 aliphatic rings. The lowest BCUT2D eigenvalue weighted by Crippen LogP contribution is -2.36. The zero-order chi connectivity index (χ0) is 13.3. The number of hydrogen-bond donors (Lipinski definition) is 1. The lowest BCUT2D eigenvalue weighted by Gasteiger charge is -2.23. The minimum atomic E-state index is -0.584. The van der Waals surface area contributed by atoms with Crippen molar-refractivity contribution in [1.29, 1.82) is 0 Å². The molecule has 19 heavy (non-hydrogen) atoms. The summed E-state index contributed by atoms with van der Waals surface area (Å²) in [5.41, 5.74) is 0.776. The van der Waals surface area contributed by atoms with Gasteiger partial charge in [0.25, 0.3) is 0 Å². The van der Waals surface area contributed by atoms with Gasteiger partial charge < -0.3 is 10.0 Å². The highest BCUT2D eigenvalue weighted by atomic mass is 16.4. The summed E-state index contributed by atoms with van der Waals surface area (Å²) < 4.78 is 0. The summed E-state index contributed by atoms with van der Waals surface area (Å²) in [5.74, 6) is -0.224. The number of aromatic nitrogens is 1. The fourth-order valence-electron chi connectivity index (χ4n) is 3.75. The quantitative estimate of drug-likeness (QED) is 0.897. The van der Waals surface area contributed by atoms with E-state index in [9.17, 15) is 9.90 Å². The SMILES string of the molecule is O=C(O)[C@@]12CCC[C@H]1CN(CCc1cccnc1)C2. The zero-order valence-electron chi connectivity index (χ0n) is 11.1. The van der Waals surface area contributed by atoms with Crippen molar-refractivity contribution >= 4 is 5.97 Å². The van der Waals surface area contributed by atoms with Crippen molar-refractivity contribution in [3.63, 3.8) is 0 Å². The molecule has 0 aromatic carbocycles. The third kappa shape index (κ3) is 2.25. The molecule has 0 radical (unpaired) electrons. The van der Waals surface area contributed by atoms with Crippen molar-refractivity contribution in [2.75, 3.05) is 19.6 Å². The van der Waals surface area contributed by atoms with Crippen LogP contribution in [0.2, 0.25) is 0 Å². The van der Waals surface area contributed by atoms with Gasteiger partial charge in [-0.05, 0) is 36.8 Å². The van der Waals surface area contributed by atoms with Crippen molar-refractivity contribution in [3.05, 3.63) is 30.1 Å². The first-order chi connectivity index (χ1) is 9.21. The first-order valence-corrected chi connectivity index (χ1v) is 7.05. The van der Waals surface area contributed by atoms with Crippen LogP contribution in [0.1, 0.15) is 24.8 Å². The Labute approximate surface area is 113 Å². The van der Waals surface area contributed by atoms with Gasteiger partial charge in [-0.25, -0.2) is 0 Å². The van der Waals surface area contributed by atoms with Crippen LogP contribution in [0.5, 0.6) is 0 Å². The summed E-state index contributed by atoms with van der Waals surface area (Å²) in [6.07, 6.45) is 7.64. The molecule has 102 valence electrons. The minimum absolute atomic E-state index is 0.360.